The highest BCUT2D eigenvalue weighted by Crippen LogP contribution is 2.22. The average molecular weight is 231 g/mol. The van der Waals surface area contributed by atoms with Crippen molar-refractivity contribution in [2.45, 2.75) is 6.92 Å². The highest BCUT2D eigenvalue weighted by Gasteiger charge is 2.12. The summed E-state index contributed by atoms with van der Waals surface area (Å²) in [4.78, 5) is 15.9. The van der Waals surface area contributed by atoms with Gasteiger partial charge in [0.15, 0.2) is 5.51 Å². The molecule has 3 nitrogen and oxygen atoms in total. The van der Waals surface area contributed by atoms with E-state index in [9.17, 15) is 4.79 Å². The fraction of sp³-hybridized carbons (Fsp3) is 0.167. The normalized spacial score (nSPS) is 10.1. The van der Waals surface area contributed by atoms with Crippen LogP contribution in [0, 0.1) is 5.51 Å². The van der Waals surface area contributed by atoms with Crippen LogP contribution in [0.3, 0.4) is 0 Å². The molecule has 0 bridgehead atoms. The fourth-order valence-corrected chi connectivity index (χ4v) is 1.96. The summed E-state index contributed by atoms with van der Waals surface area (Å²) >= 11 is 1.40. The van der Waals surface area contributed by atoms with E-state index in [2.05, 4.69) is 15.8 Å². The summed E-state index contributed by atoms with van der Waals surface area (Å²) in [5.74, 6) is -0.0638. The highest BCUT2D eigenvalue weighted by molar-refractivity contribution is 7.07. The summed E-state index contributed by atoms with van der Waals surface area (Å²) in [5.41, 5.74) is 5.09. The van der Waals surface area contributed by atoms with Crippen LogP contribution >= 0.6 is 11.3 Å². The van der Waals surface area contributed by atoms with Crippen molar-refractivity contribution in [2.75, 3.05) is 6.54 Å². The summed E-state index contributed by atoms with van der Waals surface area (Å²) < 4.78 is 0. The largest absolute Gasteiger partial charge is 0.352 e. The van der Waals surface area contributed by atoms with Gasteiger partial charge in [-0.1, -0.05) is 18.2 Å². The van der Waals surface area contributed by atoms with Crippen molar-refractivity contribution in [3.8, 4) is 11.3 Å². The van der Waals surface area contributed by atoms with Crippen molar-refractivity contribution in [2.24, 2.45) is 0 Å². The Morgan fingerprint density at radius 3 is 3.00 bits per heavy atom. The predicted molar refractivity (Wildman–Crippen MR) is 64.4 cm³/mol. The van der Waals surface area contributed by atoms with Gasteiger partial charge in [-0.3, -0.25) is 4.79 Å². The smallest absolute Gasteiger partial charge is 0.251 e. The zero-order valence-electron chi connectivity index (χ0n) is 8.86. The molecule has 0 unspecified atom stereocenters. The number of aromatic nitrogens is 1. The van der Waals surface area contributed by atoms with Crippen LogP contribution in [-0.4, -0.2) is 17.4 Å². The van der Waals surface area contributed by atoms with Gasteiger partial charge in [-0.25, -0.2) is 4.98 Å². The summed E-state index contributed by atoms with van der Waals surface area (Å²) in [7, 11) is 0. The Hall–Kier alpha value is -1.68. The standard InChI is InChI=1S/C12H11N2OS/c1-2-13-12(15)10-6-4-3-5-9(10)11-7-16-8-14-11/h3-7H,2H2,1H3,(H,13,15). The molecule has 0 aliphatic carbocycles. The Balaban J connectivity index is 2.42. The summed E-state index contributed by atoms with van der Waals surface area (Å²) in [6.07, 6.45) is 0. The number of nitrogens with one attached hydrogen (secondary N) is 1. The molecule has 1 amide bonds. The molecular formula is C12H11N2OS. The van der Waals surface area contributed by atoms with Crippen molar-refractivity contribution in [3.05, 3.63) is 40.7 Å². The first-order valence-corrected chi connectivity index (χ1v) is 5.90. The molecule has 1 aromatic carbocycles. The number of hydrogen-bond donors (Lipinski definition) is 1. The van der Waals surface area contributed by atoms with Crippen molar-refractivity contribution in [1.29, 1.82) is 0 Å². The lowest BCUT2D eigenvalue weighted by Gasteiger charge is -2.06. The Bertz CT molecular complexity index is 480. The predicted octanol–water partition coefficient (Wildman–Crippen LogP) is 2.36. The van der Waals surface area contributed by atoms with E-state index in [1.165, 1.54) is 11.3 Å². The molecule has 0 atom stereocenters. The second-order valence-corrected chi connectivity index (χ2v) is 3.88. The SMILES string of the molecule is CCNC(=O)c1ccccc1-c1cs[c]n1. The van der Waals surface area contributed by atoms with Gasteiger partial charge in [-0.15, -0.1) is 11.3 Å². The number of amides is 1. The lowest BCUT2D eigenvalue weighted by atomic mass is 10.0. The van der Waals surface area contributed by atoms with E-state index in [1.807, 2.05) is 30.5 Å². The van der Waals surface area contributed by atoms with Crippen molar-refractivity contribution >= 4 is 17.2 Å². The molecule has 0 spiro atoms. The monoisotopic (exact) mass is 231 g/mol. The average Bonchev–Trinajstić information content (AvgIpc) is 2.83. The quantitative estimate of drug-likeness (QED) is 0.881. The van der Waals surface area contributed by atoms with Crippen LogP contribution in [0.5, 0.6) is 0 Å². The molecule has 1 radical (unpaired) electrons. The van der Waals surface area contributed by atoms with Gasteiger partial charge in [0, 0.05) is 23.1 Å². The molecule has 0 saturated heterocycles. The molecule has 1 heterocycles. The number of carbonyl (C=O) groups excluding carboxylic acids is 1. The zero-order chi connectivity index (χ0) is 11.4. The molecule has 0 fully saturated rings. The van der Waals surface area contributed by atoms with Gasteiger partial charge in [0.25, 0.3) is 5.91 Å². The van der Waals surface area contributed by atoms with Crippen LogP contribution in [0.25, 0.3) is 11.3 Å². The molecule has 1 aromatic heterocycles. The van der Waals surface area contributed by atoms with Crippen molar-refractivity contribution < 1.29 is 4.79 Å². The first-order chi connectivity index (χ1) is 7.83. The number of thiazole rings is 1. The van der Waals surface area contributed by atoms with Crippen LogP contribution in [0.4, 0.5) is 0 Å². The maximum absolute atomic E-state index is 11.8. The molecular weight excluding hydrogens is 220 g/mol. The van der Waals surface area contributed by atoms with Crippen LogP contribution in [0.1, 0.15) is 17.3 Å². The molecule has 16 heavy (non-hydrogen) atoms. The second-order valence-electron chi connectivity index (χ2n) is 3.23. The topological polar surface area (TPSA) is 42.0 Å². The first kappa shape index (κ1) is 10.8. The zero-order valence-corrected chi connectivity index (χ0v) is 9.67. The molecule has 81 valence electrons. The Labute approximate surface area is 98.2 Å². The van der Waals surface area contributed by atoms with E-state index in [-0.39, 0.29) is 5.91 Å². The van der Waals surface area contributed by atoms with E-state index in [1.54, 1.807) is 6.07 Å². The molecule has 2 aromatic rings. The highest BCUT2D eigenvalue weighted by atomic mass is 32.1. The minimum atomic E-state index is -0.0638. The maximum atomic E-state index is 11.8. The minimum Gasteiger partial charge on any atom is -0.352 e. The van der Waals surface area contributed by atoms with Gasteiger partial charge in [-0.05, 0) is 13.0 Å². The fourth-order valence-electron chi connectivity index (χ4n) is 1.47. The summed E-state index contributed by atoms with van der Waals surface area (Å²) in [6, 6.07) is 7.45. The van der Waals surface area contributed by atoms with Gasteiger partial charge in [0.1, 0.15) is 0 Å². The number of benzene rings is 1. The summed E-state index contributed by atoms with van der Waals surface area (Å²) in [6.45, 7) is 2.52. The molecule has 4 heteroatoms. The molecule has 0 aliphatic rings. The van der Waals surface area contributed by atoms with Gasteiger partial charge in [0.05, 0.1) is 5.69 Å². The van der Waals surface area contributed by atoms with Crippen LogP contribution in [0.2, 0.25) is 0 Å². The number of rotatable bonds is 3. The second kappa shape index (κ2) is 4.90. The Morgan fingerprint density at radius 1 is 1.50 bits per heavy atom. The van der Waals surface area contributed by atoms with E-state index >= 15 is 0 Å². The van der Waals surface area contributed by atoms with E-state index in [0.717, 1.165) is 11.3 Å². The van der Waals surface area contributed by atoms with E-state index in [0.29, 0.717) is 12.1 Å². The molecule has 0 saturated carbocycles. The van der Waals surface area contributed by atoms with Crippen LogP contribution in [0.15, 0.2) is 29.6 Å². The van der Waals surface area contributed by atoms with Gasteiger partial charge in [-0.2, -0.15) is 0 Å². The van der Waals surface area contributed by atoms with Crippen molar-refractivity contribution in [1.82, 2.24) is 10.3 Å². The summed E-state index contributed by atoms with van der Waals surface area (Å²) in [5, 5.41) is 4.68. The number of nitrogens with zero attached hydrogens (tertiary/aromatic N) is 1. The maximum Gasteiger partial charge on any atom is 0.251 e. The first-order valence-electron chi connectivity index (χ1n) is 5.02. The van der Waals surface area contributed by atoms with E-state index in [4.69, 9.17) is 0 Å². The van der Waals surface area contributed by atoms with Gasteiger partial charge >= 0.3 is 0 Å². The van der Waals surface area contributed by atoms with Gasteiger partial charge in [0.2, 0.25) is 0 Å². The Kier molecular flexibility index (Phi) is 3.31. The number of hydrogen-bond acceptors (Lipinski definition) is 3. The minimum absolute atomic E-state index is 0.0638. The van der Waals surface area contributed by atoms with Crippen LogP contribution in [-0.2, 0) is 0 Å². The van der Waals surface area contributed by atoms with E-state index < -0.39 is 0 Å². The molecule has 1 N–H and O–H groups in total. The van der Waals surface area contributed by atoms with Crippen LogP contribution < -0.4 is 5.32 Å². The lowest BCUT2D eigenvalue weighted by molar-refractivity contribution is 0.0956. The Morgan fingerprint density at radius 2 is 2.31 bits per heavy atom. The third kappa shape index (κ3) is 2.12. The van der Waals surface area contributed by atoms with Gasteiger partial charge < -0.3 is 5.32 Å². The third-order valence-corrected chi connectivity index (χ3v) is 2.71. The molecule has 0 aliphatic heterocycles. The lowest BCUT2D eigenvalue weighted by Crippen LogP contribution is -2.23. The number of carbonyl (C=O) groups is 1. The third-order valence-electron chi connectivity index (χ3n) is 2.17. The molecule has 2 rings (SSSR count). The van der Waals surface area contributed by atoms with Crippen molar-refractivity contribution in [3.63, 3.8) is 0 Å².